The molecule has 0 saturated heterocycles. The quantitative estimate of drug-likeness (QED) is 0.389. The highest BCUT2D eigenvalue weighted by molar-refractivity contribution is 6.31. The van der Waals surface area contributed by atoms with Gasteiger partial charge in [-0.15, -0.1) is 0 Å². The predicted molar refractivity (Wildman–Crippen MR) is 110 cm³/mol. The zero-order chi connectivity index (χ0) is 20.4. The van der Waals surface area contributed by atoms with Crippen LogP contribution in [0.2, 0.25) is 5.02 Å². The molecular formula is C21H13ClN4O3. The summed E-state index contributed by atoms with van der Waals surface area (Å²) in [5.74, 6) is 0.367. The van der Waals surface area contributed by atoms with Gasteiger partial charge in [-0.1, -0.05) is 29.3 Å². The molecule has 4 rings (SSSR count). The van der Waals surface area contributed by atoms with E-state index in [-0.39, 0.29) is 22.6 Å². The maximum absolute atomic E-state index is 12.5. The Bertz CT molecular complexity index is 1330. The summed E-state index contributed by atoms with van der Waals surface area (Å²) in [5, 5.41) is 14.0. The zero-order valence-electron chi connectivity index (χ0n) is 15.1. The Morgan fingerprint density at radius 1 is 1.24 bits per heavy atom. The lowest BCUT2D eigenvalue weighted by molar-refractivity contribution is 0.587. The highest BCUT2D eigenvalue weighted by Crippen LogP contribution is 2.25. The Labute approximate surface area is 169 Å². The minimum Gasteiger partial charge on any atom is -0.463 e. The zero-order valence-corrected chi connectivity index (χ0v) is 15.9. The molecule has 0 bridgehead atoms. The summed E-state index contributed by atoms with van der Waals surface area (Å²) in [6, 6.07) is 14.3. The standard InChI is InChI=1S/C21H13ClN4O3/c1-12-2-4-13(5-3-12)20-25-17(9-23)21(29-20)26-24-10-14-11-28-18-7-6-15(22)8-16(18)19(14)27/h2-8,10-11,26H,1H3/b24-10+. The van der Waals surface area contributed by atoms with Gasteiger partial charge in [-0.3, -0.25) is 4.79 Å². The van der Waals surface area contributed by atoms with Crippen LogP contribution in [0.4, 0.5) is 5.88 Å². The van der Waals surface area contributed by atoms with Gasteiger partial charge in [-0.2, -0.15) is 15.3 Å². The first kappa shape index (κ1) is 18.5. The molecule has 0 radical (unpaired) electrons. The molecule has 2 aromatic heterocycles. The van der Waals surface area contributed by atoms with Gasteiger partial charge in [0.15, 0.2) is 0 Å². The lowest BCUT2D eigenvalue weighted by Crippen LogP contribution is -2.08. The van der Waals surface area contributed by atoms with Gasteiger partial charge < -0.3 is 8.83 Å². The summed E-state index contributed by atoms with van der Waals surface area (Å²) < 4.78 is 11.0. The van der Waals surface area contributed by atoms with Crippen LogP contribution in [-0.2, 0) is 0 Å². The van der Waals surface area contributed by atoms with Crippen molar-refractivity contribution in [1.82, 2.24) is 4.98 Å². The van der Waals surface area contributed by atoms with Crippen molar-refractivity contribution in [1.29, 1.82) is 5.26 Å². The number of oxazole rings is 1. The smallest absolute Gasteiger partial charge is 0.252 e. The maximum atomic E-state index is 12.5. The number of halogens is 1. The topological polar surface area (TPSA) is 104 Å². The van der Waals surface area contributed by atoms with Gasteiger partial charge in [-0.05, 0) is 37.3 Å². The number of benzene rings is 2. The number of aryl methyl sites for hydroxylation is 1. The summed E-state index contributed by atoms with van der Waals surface area (Å²) >= 11 is 5.95. The molecular weight excluding hydrogens is 392 g/mol. The monoisotopic (exact) mass is 404 g/mol. The number of nitrogens with zero attached hydrogens (tertiary/aromatic N) is 3. The predicted octanol–water partition coefficient (Wildman–Crippen LogP) is 4.73. The molecule has 2 heterocycles. The van der Waals surface area contributed by atoms with E-state index in [1.165, 1.54) is 18.5 Å². The van der Waals surface area contributed by atoms with Crippen LogP contribution in [-0.4, -0.2) is 11.2 Å². The van der Waals surface area contributed by atoms with Crippen molar-refractivity contribution in [3.8, 4) is 17.5 Å². The number of aromatic nitrogens is 1. The first-order chi connectivity index (χ1) is 14.0. The van der Waals surface area contributed by atoms with Crippen molar-refractivity contribution < 1.29 is 8.83 Å². The molecule has 4 aromatic rings. The molecule has 142 valence electrons. The summed E-state index contributed by atoms with van der Waals surface area (Å²) in [5.41, 5.74) is 4.85. The van der Waals surface area contributed by atoms with Crippen LogP contribution < -0.4 is 10.9 Å². The van der Waals surface area contributed by atoms with Crippen LogP contribution in [0.5, 0.6) is 0 Å². The summed E-state index contributed by atoms with van der Waals surface area (Å²) in [4.78, 5) is 16.7. The minimum absolute atomic E-state index is 0.0510. The Kier molecular flexibility index (Phi) is 4.85. The lowest BCUT2D eigenvalue weighted by atomic mass is 10.1. The lowest BCUT2D eigenvalue weighted by Gasteiger charge is -1.99. The number of hydrogen-bond acceptors (Lipinski definition) is 7. The SMILES string of the molecule is Cc1ccc(-c2nc(C#N)c(N/N=C/c3coc4ccc(Cl)cc4c3=O)o2)cc1. The van der Waals surface area contributed by atoms with Crippen molar-refractivity contribution in [2.24, 2.45) is 5.10 Å². The molecule has 7 nitrogen and oxygen atoms in total. The van der Waals surface area contributed by atoms with Gasteiger partial charge in [-0.25, -0.2) is 5.43 Å². The summed E-state index contributed by atoms with van der Waals surface area (Å²) in [6.07, 6.45) is 2.58. The Hall–Kier alpha value is -3.89. The van der Waals surface area contributed by atoms with Gasteiger partial charge in [0, 0.05) is 10.6 Å². The van der Waals surface area contributed by atoms with Crippen molar-refractivity contribution in [3.05, 3.63) is 80.8 Å². The molecule has 0 aliphatic rings. The number of anilines is 1. The minimum atomic E-state index is -0.280. The highest BCUT2D eigenvalue weighted by Gasteiger charge is 2.14. The molecule has 0 fully saturated rings. The molecule has 0 saturated carbocycles. The van der Waals surface area contributed by atoms with Gasteiger partial charge in [0.2, 0.25) is 17.0 Å². The van der Waals surface area contributed by atoms with Gasteiger partial charge in [0.1, 0.15) is 17.9 Å². The molecule has 1 N–H and O–H groups in total. The van der Waals surface area contributed by atoms with Gasteiger partial charge in [0.25, 0.3) is 5.88 Å². The third-order valence-electron chi connectivity index (χ3n) is 4.16. The van der Waals surface area contributed by atoms with Crippen LogP contribution >= 0.6 is 11.6 Å². The second-order valence-corrected chi connectivity index (χ2v) is 6.64. The maximum Gasteiger partial charge on any atom is 0.252 e. The van der Waals surface area contributed by atoms with Crippen LogP contribution in [0.1, 0.15) is 16.8 Å². The van der Waals surface area contributed by atoms with Crippen LogP contribution in [0.3, 0.4) is 0 Å². The van der Waals surface area contributed by atoms with E-state index in [9.17, 15) is 10.1 Å². The van der Waals surface area contributed by atoms with Crippen molar-refractivity contribution in [3.63, 3.8) is 0 Å². The van der Waals surface area contributed by atoms with E-state index in [0.29, 0.717) is 21.9 Å². The van der Waals surface area contributed by atoms with E-state index < -0.39 is 0 Å². The van der Waals surface area contributed by atoms with E-state index >= 15 is 0 Å². The fourth-order valence-electron chi connectivity index (χ4n) is 2.66. The van der Waals surface area contributed by atoms with Crippen molar-refractivity contribution >= 4 is 34.7 Å². The molecule has 0 unspecified atom stereocenters. The molecule has 29 heavy (non-hydrogen) atoms. The summed E-state index contributed by atoms with van der Waals surface area (Å²) in [6.45, 7) is 1.97. The first-order valence-electron chi connectivity index (χ1n) is 8.53. The second-order valence-electron chi connectivity index (χ2n) is 6.21. The molecule has 0 aliphatic carbocycles. The average molecular weight is 405 g/mol. The molecule has 8 heteroatoms. The van der Waals surface area contributed by atoms with E-state index in [2.05, 4.69) is 15.5 Å². The van der Waals surface area contributed by atoms with Crippen LogP contribution in [0, 0.1) is 18.3 Å². The Morgan fingerprint density at radius 3 is 2.79 bits per heavy atom. The van der Waals surface area contributed by atoms with E-state index in [4.69, 9.17) is 20.4 Å². The van der Waals surface area contributed by atoms with Crippen LogP contribution in [0.25, 0.3) is 22.4 Å². The first-order valence-corrected chi connectivity index (χ1v) is 8.91. The molecule has 0 spiro atoms. The average Bonchev–Trinajstić information content (AvgIpc) is 3.14. The highest BCUT2D eigenvalue weighted by atomic mass is 35.5. The van der Waals surface area contributed by atoms with Gasteiger partial charge >= 0.3 is 0 Å². The summed E-state index contributed by atoms with van der Waals surface area (Å²) in [7, 11) is 0. The van der Waals surface area contributed by atoms with Crippen molar-refractivity contribution in [2.45, 2.75) is 6.92 Å². The number of fused-ring (bicyclic) bond motifs is 1. The fourth-order valence-corrected chi connectivity index (χ4v) is 2.83. The molecule has 0 aliphatic heterocycles. The van der Waals surface area contributed by atoms with Gasteiger partial charge in [0.05, 0.1) is 17.2 Å². The normalized spacial score (nSPS) is 11.1. The number of hydrazone groups is 1. The Morgan fingerprint density at radius 2 is 2.03 bits per heavy atom. The number of nitrogens with one attached hydrogen (secondary N) is 1. The molecule has 0 atom stereocenters. The number of nitriles is 1. The van der Waals surface area contributed by atoms with E-state index in [1.54, 1.807) is 12.1 Å². The number of hydrogen-bond donors (Lipinski definition) is 1. The third-order valence-corrected chi connectivity index (χ3v) is 4.40. The molecule has 2 aromatic carbocycles. The Balaban J connectivity index is 1.61. The fraction of sp³-hybridized carbons (Fsp3) is 0.0476. The van der Waals surface area contributed by atoms with E-state index in [0.717, 1.165) is 11.1 Å². The van der Waals surface area contributed by atoms with Crippen LogP contribution in [0.15, 0.2) is 67.5 Å². The van der Waals surface area contributed by atoms with Crippen molar-refractivity contribution in [2.75, 3.05) is 5.43 Å². The molecule has 0 amide bonds. The third kappa shape index (κ3) is 3.74. The largest absolute Gasteiger partial charge is 0.463 e. The number of rotatable bonds is 4. The van der Waals surface area contributed by atoms with E-state index in [1.807, 2.05) is 37.3 Å². The second kappa shape index (κ2) is 7.62.